The predicted molar refractivity (Wildman–Crippen MR) is 217 cm³/mol. The molecule has 3 aromatic heterocycles. The standard InChI is InChI=1S/C40H61N7O5SSi/c1-39(2,3)28-13-16-32-31(23-28)44-34(47(32)26-50-20-21-54(7,8)9)12-10-11-18-45(53(6,48)49)24-27-22-33(36-35(27)51-40(4,5)52-36)46-19-17-30-37(43-29-14-15-29)41-25-42-38(30)46/h13,16-17,19,23,25,27,29,33,35-36H,10-12,14-15,18,20-22,24,26H2,1-9H3,(H,41,42,43). The Morgan fingerprint density at radius 1 is 1.07 bits per heavy atom. The van der Waals surface area contributed by atoms with Crippen LogP contribution >= 0.6 is 0 Å². The summed E-state index contributed by atoms with van der Waals surface area (Å²) < 4.78 is 52.0. The molecule has 3 aliphatic rings. The first-order chi connectivity index (χ1) is 25.4. The third kappa shape index (κ3) is 8.89. The number of aryl methyl sites for hydroxylation is 1. The van der Waals surface area contributed by atoms with E-state index in [9.17, 15) is 8.42 Å². The van der Waals surface area contributed by atoms with Crippen molar-refractivity contribution >= 4 is 46.0 Å². The van der Waals surface area contributed by atoms with Crippen LogP contribution in [0.1, 0.15) is 84.2 Å². The quantitative estimate of drug-likeness (QED) is 0.0920. The van der Waals surface area contributed by atoms with Gasteiger partial charge in [-0.3, -0.25) is 0 Å². The van der Waals surface area contributed by atoms with Gasteiger partial charge in [-0.2, -0.15) is 0 Å². The molecule has 0 radical (unpaired) electrons. The summed E-state index contributed by atoms with van der Waals surface area (Å²) in [5.74, 6) is 1.03. The Labute approximate surface area is 322 Å². The second kappa shape index (κ2) is 14.9. The van der Waals surface area contributed by atoms with Crippen molar-refractivity contribution in [1.82, 2.24) is 28.4 Å². The second-order valence-electron chi connectivity index (χ2n) is 18.6. The number of hydrogen-bond acceptors (Lipinski definition) is 9. The molecule has 1 aliphatic heterocycles. The van der Waals surface area contributed by atoms with Gasteiger partial charge in [0, 0.05) is 52.3 Å². The van der Waals surface area contributed by atoms with Crippen LogP contribution in [-0.2, 0) is 42.8 Å². The molecule has 296 valence electrons. The number of rotatable bonds is 16. The van der Waals surface area contributed by atoms with E-state index in [-0.39, 0.29) is 29.6 Å². The molecule has 4 heterocycles. The first-order valence-corrected chi connectivity index (χ1v) is 25.4. The van der Waals surface area contributed by atoms with E-state index in [0.29, 0.717) is 32.3 Å². The highest BCUT2D eigenvalue weighted by atomic mass is 32.2. The zero-order chi connectivity index (χ0) is 38.6. The van der Waals surface area contributed by atoms with Crippen LogP contribution in [0.3, 0.4) is 0 Å². The van der Waals surface area contributed by atoms with E-state index in [1.165, 1.54) is 11.8 Å². The van der Waals surface area contributed by atoms with E-state index in [1.807, 2.05) is 13.8 Å². The van der Waals surface area contributed by atoms with Crippen LogP contribution in [0, 0.1) is 5.92 Å². The van der Waals surface area contributed by atoms with Gasteiger partial charge in [0.15, 0.2) is 5.79 Å². The van der Waals surface area contributed by atoms with Gasteiger partial charge in [-0.15, -0.1) is 0 Å². The van der Waals surface area contributed by atoms with Crippen molar-refractivity contribution in [2.75, 3.05) is 31.3 Å². The van der Waals surface area contributed by atoms with Crippen molar-refractivity contribution in [3.8, 4) is 0 Å². The van der Waals surface area contributed by atoms with E-state index in [1.54, 1.807) is 10.6 Å². The molecule has 1 N–H and O–H groups in total. The highest BCUT2D eigenvalue weighted by Gasteiger charge is 2.55. The molecule has 1 saturated heterocycles. The van der Waals surface area contributed by atoms with Gasteiger partial charge in [-0.25, -0.2) is 27.7 Å². The molecule has 0 bridgehead atoms. The minimum atomic E-state index is -3.48. The number of nitrogens with zero attached hydrogens (tertiary/aromatic N) is 6. The monoisotopic (exact) mass is 779 g/mol. The smallest absolute Gasteiger partial charge is 0.211 e. The average molecular weight is 780 g/mol. The van der Waals surface area contributed by atoms with Crippen molar-refractivity contribution in [2.24, 2.45) is 5.92 Å². The summed E-state index contributed by atoms with van der Waals surface area (Å²) in [7, 11) is -4.70. The molecule has 1 aromatic carbocycles. The van der Waals surface area contributed by atoms with Gasteiger partial charge in [0.2, 0.25) is 10.0 Å². The van der Waals surface area contributed by atoms with Crippen molar-refractivity contribution in [3.63, 3.8) is 0 Å². The molecule has 3 fully saturated rings. The van der Waals surface area contributed by atoms with E-state index in [0.717, 1.165) is 78.5 Å². The molecule has 54 heavy (non-hydrogen) atoms. The summed E-state index contributed by atoms with van der Waals surface area (Å²) in [5.41, 5.74) is 4.18. The first kappa shape index (κ1) is 39.4. The predicted octanol–water partition coefficient (Wildman–Crippen LogP) is 7.33. The Hall–Kier alpha value is -2.88. The number of hydrogen-bond donors (Lipinski definition) is 1. The fraction of sp³-hybridized carbons (Fsp3) is 0.675. The van der Waals surface area contributed by atoms with Crippen molar-refractivity contribution in [3.05, 3.63) is 48.2 Å². The highest BCUT2D eigenvalue weighted by Crippen LogP contribution is 2.48. The number of fused-ring (bicyclic) bond motifs is 3. The molecular weight excluding hydrogens is 719 g/mol. The van der Waals surface area contributed by atoms with Crippen molar-refractivity contribution < 1.29 is 22.6 Å². The summed E-state index contributed by atoms with van der Waals surface area (Å²) in [6.45, 7) is 19.6. The Morgan fingerprint density at radius 2 is 1.83 bits per heavy atom. The molecule has 0 spiro atoms. The number of sulfonamides is 1. The van der Waals surface area contributed by atoms with E-state index in [4.69, 9.17) is 19.2 Å². The SMILES string of the molecule is CC1(C)OC2C(CN(CCCCc3nc4cc(C(C)(C)C)ccc4n3COCC[Si](C)(C)C)S(C)(=O)=O)CC(n3ccc4c(NC5CC5)ncnc43)C2O1. The molecule has 14 heteroatoms. The molecule has 12 nitrogen and oxygen atoms in total. The van der Waals surface area contributed by atoms with Crippen LogP contribution < -0.4 is 5.32 Å². The molecule has 4 atom stereocenters. The number of anilines is 1. The van der Waals surface area contributed by atoms with Crippen LogP contribution in [0.15, 0.2) is 36.8 Å². The second-order valence-corrected chi connectivity index (χ2v) is 26.2. The van der Waals surface area contributed by atoms with Gasteiger partial charge in [0.25, 0.3) is 0 Å². The minimum Gasteiger partial charge on any atom is -0.367 e. The lowest BCUT2D eigenvalue weighted by Gasteiger charge is -2.28. The number of aromatic nitrogens is 5. The molecule has 0 amide bonds. The van der Waals surface area contributed by atoms with Gasteiger partial charge in [0.05, 0.1) is 34.8 Å². The van der Waals surface area contributed by atoms with Crippen LogP contribution in [0.25, 0.3) is 22.1 Å². The maximum atomic E-state index is 13.3. The fourth-order valence-electron chi connectivity index (χ4n) is 8.02. The van der Waals surface area contributed by atoms with Gasteiger partial charge in [-0.05, 0) is 81.2 Å². The van der Waals surface area contributed by atoms with E-state index >= 15 is 0 Å². The lowest BCUT2D eigenvalue weighted by atomic mass is 9.87. The largest absolute Gasteiger partial charge is 0.367 e. The number of imidazole rings is 1. The topological polar surface area (TPSA) is 126 Å². The third-order valence-corrected chi connectivity index (χ3v) is 14.2. The highest BCUT2D eigenvalue weighted by molar-refractivity contribution is 7.88. The first-order valence-electron chi connectivity index (χ1n) is 19.8. The Bertz CT molecular complexity index is 2060. The van der Waals surface area contributed by atoms with Crippen LogP contribution in [0.4, 0.5) is 5.82 Å². The van der Waals surface area contributed by atoms with Crippen molar-refractivity contribution in [2.45, 2.75) is 141 Å². The van der Waals surface area contributed by atoms with Crippen LogP contribution in [-0.4, -0.2) is 94.9 Å². The molecule has 4 unspecified atom stereocenters. The molecule has 4 aromatic rings. The Morgan fingerprint density at radius 3 is 2.54 bits per heavy atom. The van der Waals surface area contributed by atoms with E-state index in [2.05, 4.69) is 95.3 Å². The molecule has 2 saturated carbocycles. The summed E-state index contributed by atoms with van der Waals surface area (Å²) in [6, 6.07) is 10.2. The Balaban J connectivity index is 1.05. The number of nitrogens with one attached hydrogen (secondary N) is 1. The maximum Gasteiger partial charge on any atom is 0.211 e. The lowest BCUT2D eigenvalue weighted by Crippen LogP contribution is -2.39. The minimum absolute atomic E-state index is 0.0203. The van der Waals surface area contributed by atoms with Gasteiger partial charge in [0.1, 0.15) is 36.5 Å². The lowest BCUT2D eigenvalue weighted by molar-refractivity contribution is -0.160. The van der Waals surface area contributed by atoms with Crippen molar-refractivity contribution in [1.29, 1.82) is 0 Å². The van der Waals surface area contributed by atoms with Gasteiger partial charge in [-0.1, -0.05) is 46.5 Å². The zero-order valence-electron chi connectivity index (χ0n) is 33.8. The Kier molecular flexibility index (Phi) is 10.9. The van der Waals surface area contributed by atoms with Gasteiger partial charge >= 0.3 is 0 Å². The molecule has 7 rings (SSSR count). The third-order valence-electron chi connectivity index (χ3n) is 11.2. The summed E-state index contributed by atoms with van der Waals surface area (Å²) in [5, 5.41) is 4.53. The normalized spacial score (nSPS) is 23.2. The summed E-state index contributed by atoms with van der Waals surface area (Å²) in [6.07, 6.45) is 9.82. The van der Waals surface area contributed by atoms with Gasteiger partial charge < -0.3 is 28.7 Å². The average Bonchev–Trinajstić information content (AvgIpc) is 3.37. The number of unbranched alkanes of at least 4 members (excludes halogenated alkanes) is 1. The summed E-state index contributed by atoms with van der Waals surface area (Å²) >= 11 is 0. The number of ether oxygens (including phenoxy) is 3. The molecule has 2 aliphatic carbocycles. The maximum absolute atomic E-state index is 13.3. The van der Waals surface area contributed by atoms with Crippen LogP contribution in [0.5, 0.6) is 0 Å². The van der Waals surface area contributed by atoms with E-state index < -0.39 is 23.9 Å². The van der Waals surface area contributed by atoms with Crippen LogP contribution in [0.2, 0.25) is 25.7 Å². The summed E-state index contributed by atoms with van der Waals surface area (Å²) in [4.78, 5) is 14.3. The number of benzene rings is 1. The fourth-order valence-corrected chi connectivity index (χ4v) is 9.70. The zero-order valence-corrected chi connectivity index (χ0v) is 35.6. The molecular formula is C40H61N7O5SSi.